The van der Waals surface area contributed by atoms with E-state index in [0.29, 0.717) is 6.54 Å². The Morgan fingerprint density at radius 1 is 1.12 bits per heavy atom. The molecule has 2 amide bonds. The van der Waals surface area contributed by atoms with E-state index in [4.69, 9.17) is 5.11 Å². The lowest BCUT2D eigenvalue weighted by Crippen LogP contribution is -2.46. The Morgan fingerprint density at radius 2 is 1.59 bits per heavy atom. The summed E-state index contributed by atoms with van der Waals surface area (Å²) in [6, 6.07) is -0.332. The minimum atomic E-state index is -0.952. The molecular formula is C11H22N2O3S. The van der Waals surface area contributed by atoms with Crippen molar-refractivity contribution in [1.29, 1.82) is 0 Å². The first kappa shape index (κ1) is 16.1. The molecule has 0 saturated carbocycles. The van der Waals surface area contributed by atoms with Gasteiger partial charge in [-0.1, -0.05) is 0 Å². The highest BCUT2D eigenvalue weighted by molar-refractivity contribution is 7.99. The van der Waals surface area contributed by atoms with E-state index in [2.05, 4.69) is 10.6 Å². The summed E-state index contributed by atoms with van der Waals surface area (Å²) in [4.78, 5) is 22.3. The van der Waals surface area contributed by atoms with Gasteiger partial charge < -0.3 is 15.7 Å². The smallest absolute Gasteiger partial charge is 0.314 e. The number of hydrogen-bond acceptors (Lipinski definition) is 3. The number of carbonyl (C=O) groups is 2. The van der Waals surface area contributed by atoms with Gasteiger partial charge >= 0.3 is 12.0 Å². The zero-order valence-corrected chi connectivity index (χ0v) is 11.9. The van der Waals surface area contributed by atoms with Gasteiger partial charge in [-0.2, -0.15) is 11.8 Å². The lowest BCUT2D eigenvalue weighted by Gasteiger charge is -2.24. The fraction of sp³-hybridized carbons (Fsp3) is 0.818. The van der Waals surface area contributed by atoms with Crippen LogP contribution in [0.4, 0.5) is 4.79 Å². The summed E-state index contributed by atoms with van der Waals surface area (Å²) in [5.41, 5.74) is -0.952. The molecule has 0 aromatic carbocycles. The molecule has 0 atom stereocenters. The molecule has 0 aromatic heterocycles. The lowest BCUT2D eigenvalue weighted by atomic mass is 9.94. The van der Waals surface area contributed by atoms with Crippen molar-refractivity contribution in [3.63, 3.8) is 0 Å². The molecule has 0 aliphatic carbocycles. The van der Waals surface area contributed by atoms with Gasteiger partial charge in [0.15, 0.2) is 0 Å². The van der Waals surface area contributed by atoms with Crippen molar-refractivity contribution in [3.05, 3.63) is 0 Å². The number of carboxylic acids is 1. The molecule has 0 aromatic rings. The van der Waals surface area contributed by atoms with Crippen LogP contribution in [0.15, 0.2) is 0 Å². The maximum Gasteiger partial charge on any atom is 0.314 e. The molecule has 3 N–H and O–H groups in total. The molecule has 0 radical (unpaired) electrons. The molecule has 0 aliphatic heterocycles. The maximum absolute atomic E-state index is 11.5. The Balaban J connectivity index is 4.01. The number of aliphatic carboxylic acids is 1. The first-order valence-corrected chi connectivity index (χ1v) is 6.63. The third kappa shape index (κ3) is 6.41. The fourth-order valence-corrected chi connectivity index (χ4v) is 1.02. The molecule has 0 spiro atoms. The summed E-state index contributed by atoms with van der Waals surface area (Å²) in [5, 5.41) is 14.2. The SMILES string of the molecule is CSC(C)(C)CNC(=O)NCC(C)(C)C(=O)O. The number of urea groups is 1. The largest absolute Gasteiger partial charge is 0.481 e. The standard InChI is InChI=1S/C11H22N2O3S/c1-10(2,8(14)15)6-12-9(16)13-7-11(3,4)17-5/h6-7H2,1-5H3,(H,14,15)(H2,12,13,16). The Hall–Kier alpha value is -0.910. The first-order chi connectivity index (χ1) is 7.60. The van der Waals surface area contributed by atoms with E-state index in [1.807, 2.05) is 20.1 Å². The zero-order valence-electron chi connectivity index (χ0n) is 11.1. The molecule has 6 heteroatoms. The average molecular weight is 262 g/mol. The van der Waals surface area contributed by atoms with Gasteiger partial charge in [0.2, 0.25) is 0 Å². The third-order valence-corrected chi connectivity index (χ3v) is 3.75. The van der Waals surface area contributed by atoms with Crippen LogP contribution < -0.4 is 10.6 Å². The van der Waals surface area contributed by atoms with Crippen molar-refractivity contribution in [1.82, 2.24) is 10.6 Å². The van der Waals surface area contributed by atoms with Gasteiger partial charge in [-0.25, -0.2) is 4.79 Å². The van der Waals surface area contributed by atoms with Gasteiger partial charge in [0.1, 0.15) is 0 Å². The summed E-state index contributed by atoms with van der Waals surface area (Å²) in [5.74, 6) is -0.928. The van der Waals surface area contributed by atoms with E-state index in [-0.39, 0.29) is 17.3 Å². The Kier molecular flexibility index (Phi) is 5.81. The number of nitrogens with one attached hydrogen (secondary N) is 2. The van der Waals surface area contributed by atoms with Crippen LogP contribution in [0.25, 0.3) is 0 Å². The van der Waals surface area contributed by atoms with Gasteiger partial charge in [-0.15, -0.1) is 0 Å². The van der Waals surface area contributed by atoms with E-state index < -0.39 is 11.4 Å². The Labute approximate surface area is 107 Å². The Bertz CT molecular complexity index is 290. The fourth-order valence-electron chi connectivity index (χ4n) is 0.805. The maximum atomic E-state index is 11.5. The van der Waals surface area contributed by atoms with E-state index in [1.165, 1.54) is 0 Å². The minimum absolute atomic E-state index is 0.0281. The van der Waals surface area contributed by atoms with Crippen molar-refractivity contribution in [2.45, 2.75) is 32.4 Å². The van der Waals surface area contributed by atoms with Crippen LogP contribution in [0.3, 0.4) is 0 Å². The third-order valence-electron chi connectivity index (χ3n) is 2.50. The van der Waals surface area contributed by atoms with Crippen LogP contribution >= 0.6 is 11.8 Å². The minimum Gasteiger partial charge on any atom is -0.481 e. The molecule has 0 bridgehead atoms. The number of rotatable bonds is 6. The number of thioether (sulfide) groups is 1. The summed E-state index contributed by atoms with van der Waals surface area (Å²) in [7, 11) is 0. The van der Waals surface area contributed by atoms with Crippen molar-refractivity contribution in [2.75, 3.05) is 19.3 Å². The monoisotopic (exact) mass is 262 g/mol. The van der Waals surface area contributed by atoms with Crippen LogP contribution in [0.2, 0.25) is 0 Å². The highest BCUT2D eigenvalue weighted by atomic mass is 32.2. The van der Waals surface area contributed by atoms with Gasteiger partial charge in [0.25, 0.3) is 0 Å². The Morgan fingerprint density at radius 3 is 2.00 bits per heavy atom. The summed E-state index contributed by atoms with van der Waals surface area (Å²) in [6.07, 6.45) is 1.98. The van der Waals surface area contributed by atoms with Crippen LogP contribution in [0.5, 0.6) is 0 Å². The molecule has 0 rings (SSSR count). The topological polar surface area (TPSA) is 78.4 Å². The van der Waals surface area contributed by atoms with Crippen molar-refractivity contribution >= 4 is 23.8 Å². The molecule has 17 heavy (non-hydrogen) atoms. The summed E-state index contributed by atoms with van der Waals surface area (Å²) >= 11 is 1.66. The normalized spacial score (nSPS) is 12.1. The molecular weight excluding hydrogens is 240 g/mol. The van der Waals surface area contributed by atoms with Crippen molar-refractivity contribution in [2.24, 2.45) is 5.41 Å². The highest BCUT2D eigenvalue weighted by Crippen LogP contribution is 2.19. The molecule has 100 valence electrons. The lowest BCUT2D eigenvalue weighted by molar-refractivity contribution is -0.146. The van der Waals surface area contributed by atoms with Gasteiger partial charge in [0, 0.05) is 17.8 Å². The second kappa shape index (κ2) is 6.14. The van der Waals surface area contributed by atoms with E-state index >= 15 is 0 Å². The number of carboxylic acid groups (broad SMARTS) is 1. The first-order valence-electron chi connectivity index (χ1n) is 5.41. The summed E-state index contributed by atoms with van der Waals surface area (Å²) in [6.45, 7) is 7.84. The predicted molar refractivity (Wildman–Crippen MR) is 70.4 cm³/mol. The van der Waals surface area contributed by atoms with Crippen LogP contribution in [0.1, 0.15) is 27.7 Å². The molecule has 0 saturated heterocycles. The quantitative estimate of drug-likeness (QED) is 0.678. The van der Waals surface area contributed by atoms with E-state index in [9.17, 15) is 9.59 Å². The zero-order chi connectivity index (χ0) is 13.7. The number of amides is 2. The van der Waals surface area contributed by atoms with Crippen LogP contribution in [-0.4, -0.2) is 41.2 Å². The van der Waals surface area contributed by atoms with Gasteiger partial charge in [-0.05, 0) is 34.0 Å². The number of carbonyl (C=O) groups excluding carboxylic acids is 1. The highest BCUT2D eigenvalue weighted by Gasteiger charge is 2.27. The van der Waals surface area contributed by atoms with Gasteiger partial charge in [-0.3, -0.25) is 4.79 Å². The predicted octanol–water partition coefficient (Wildman–Crippen LogP) is 1.54. The van der Waals surface area contributed by atoms with Crippen molar-refractivity contribution in [3.8, 4) is 0 Å². The van der Waals surface area contributed by atoms with Crippen LogP contribution in [-0.2, 0) is 4.79 Å². The van der Waals surface area contributed by atoms with Gasteiger partial charge in [0.05, 0.1) is 5.41 Å². The summed E-state index contributed by atoms with van der Waals surface area (Å²) < 4.78 is -0.0281. The molecule has 0 fully saturated rings. The van der Waals surface area contributed by atoms with Crippen LogP contribution in [0, 0.1) is 5.41 Å². The average Bonchev–Trinajstić information content (AvgIpc) is 2.23. The second-order valence-electron chi connectivity index (χ2n) is 5.19. The molecule has 0 unspecified atom stereocenters. The van der Waals surface area contributed by atoms with Crippen molar-refractivity contribution < 1.29 is 14.7 Å². The molecule has 0 heterocycles. The second-order valence-corrected chi connectivity index (χ2v) is 6.70. The van der Waals surface area contributed by atoms with E-state index in [1.54, 1.807) is 25.6 Å². The molecule has 0 aliphatic rings. The number of hydrogen-bond donors (Lipinski definition) is 3. The van der Waals surface area contributed by atoms with E-state index in [0.717, 1.165) is 0 Å². The molecule has 5 nitrogen and oxygen atoms in total.